The second kappa shape index (κ2) is 10.7. The molecule has 0 aliphatic rings. The van der Waals surface area contributed by atoms with Gasteiger partial charge in [0.05, 0.1) is 26.0 Å². The Labute approximate surface area is 185 Å². The van der Waals surface area contributed by atoms with Gasteiger partial charge in [0.2, 0.25) is 0 Å². The molecule has 0 bridgehead atoms. The molecule has 2 N–H and O–H groups in total. The first-order valence-electron chi connectivity index (χ1n) is 9.62. The maximum Gasteiger partial charge on any atom is 0.343 e. The summed E-state index contributed by atoms with van der Waals surface area (Å²) in [6, 6.07) is 19.8. The highest BCUT2D eigenvalue weighted by Gasteiger charge is 2.16. The molecule has 0 saturated heterocycles. The minimum Gasteiger partial charge on any atom is -0.493 e. The Morgan fingerprint density at radius 1 is 0.938 bits per heavy atom. The summed E-state index contributed by atoms with van der Waals surface area (Å²) in [5, 5.41) is 13.9. The van der Waals surface area contributed by atoms with Crippen molar-refractivity contribution in [2.24, 2.45) is 5.10 Å². The van der Waals surface area contributed by atoms with Crippen LogP contribution in [0.1, 0.15) is 27.6 Å². The third-order valence-corrected chi connectivity index (χ3v) is 4.46. The number of esters is 1. The number of amides is 1. The molecule has 0 saturated carbocycles. The molecule has 0 radical (unpaired) electrons. The largest absolute Gasteiger partial charge is 0.493 e. The molecule has 0 aliphatic heterocycles. The Morgan fingerprint density at radius 3 is 2.28 bits per heavy atom. The number of nitrogens with one attached hydrogen (secondary N) is 1. The molecule has 0 unspecified atom stereocenters. The summed E-state index contributed by atoms with van der Waals surface area (Å²) in [7, 11) is 3.00. The van der Waals surface area contributed by atoms with E-state index in [-0.39, 0.29) is 0 Å². The van der Waals surface area contributed by atoms with E-state index in [1.165, 1.54) is 26.5 Å². The fraction of sp³-hybridized carbons (Fsp3) is 0.125. The fourth-order valence-electron chi connectivity index (χ4n) is 2.77. The number of aliphatic hydroxyl groups is 1. The Hall–Kier alpha value is -4.17. The number of rotatable bonds is 8. The average molecular weight is 434 g/mol. The summed E-state index contributed by atoms with van der Waals surface area (Å²) in [5.41, 5.74) is 3.73. The van der Waals surface area contributed by atoms with Crippen molar-refractivity contribution < 1.29 is 28.9 Å². The second-order valence-corrected chi connectivity index (χ2v) is 6.58. The number of hydrogen-bond acceptors (Lipinski definition) is 7. The van der Waals surface area contributed by atoms with Crippen molar-refractivity contribution in [1.82, 2.24) is 5.43 Å². The van der Waals surface area contributed by atoms with Gasteiger partial charge in [-0.1, -0.05) is 30.3 Å². The smallest absolute Gasteiger partial charge is 0.343 e. The minimum atomic E-state index is -1.31. The van der Waals surface area contributed by atoms with Gasteiger partial charge in [0.15, 0.2) is 17.6 Å². The van der Waals surface area contributed by atoms with Crippen LogP contribution in [0.15, 0.2) is 77.9 Å². The van der Waals surface area contributed by atoms with Crippen molar-refractivity contribution in [1.29, 1.82) is 0 Å². The summed E-state index contributed by atoms with van der Waals surface area (Å²) in [5.74, 6) is 0.0805. The lowest BCUT2D eigenvalue weighted by Gasteiger charge is -2.09. The van der Waals surface area contributed by atoms with E-state index in [9.17, 15) is 14.7 Å². The summed E-state index contributed by atoms with van der Waals surface area (Å²) < 4.78 is 15.7. The number of ether oxygens (including phenoxy) is 3. The van der Waals surface area contributed by atoms with Crippen molar-refractivity contribution in [3.05, 3.63) is 89.5 Å². The van der Waals surface area contributed by atoms with Crippen LogP contribution < -0.4 is 19.6 Å². The predicted octanol–water partition coefficient (Wildman–Crippen LogP) is 3.11. The van der Waals surface area contributed by atoms with E-state index in [1.54, 1.807) is 66.7 Å². The highest BCUT2D eigenvalue weighted by Crippen LogP contribution is 2.28. The second-order valence-electron chi connectivity index (χ2n) is 6.58. The maximum atomic E-state index is 12.4. The number of methoxy groups -OCH3 is 2. The molecular weight excluding hydrogens is 412 g/mol. The standard InChI is InChI=1S/C24H22N2O6/c1-30-20-13-10-18(14-21(20)31-2)24(29)32-19-11-8-16(9-12-19)15-25-26-23(28)22(27)17-6-4-3-5-7-17/h3-15,22,27H,1-2H3,(H,26,28)/b25-15-/t22-/m0/s1. The molecule has 8 nitrogen and oxygen atoms in total. The van der Waals surface area contributed by atoms with Crippen LogP contribution in [0.5, 0.6) is 17.2 Å². The number of benzene rings is 3. The predicted molar refractivity (Wildman–Crippen MR) is 118 cm³/mol. The van der Waals surface area contributed by atoms with Crippen molar-refractivity contribution in [2.45, 2.75) is 6.10 Å². The van der Waals surface area contributed by atoms with E-state index in [1.807, 2.05) is 0 Å². The van der Waals surface area contributed by atoms with E-state index >= 15 is 0 Å². The van der Waals surface area contributed by atoms with Crippen LogP contribution in [0, 0.1) is 0 Å². The Bertz CT molecular complexity index is 1100. The van der Waals surface area contributed by atoms with Gasteiger partial charge in [0.25, 0.3) is 5.91 Å². The molecule has 0 aliphatic carbocycles. The van der Waals surface area contributed by atoms with Crippen LogP contribution in [-0.2, 0) is 4.79 Å². The zero-order valence-corrected chi connectivity index (χ0v) is 17.5. The topological polar surface area (TPSA) is 106 Å². The van der Waals surface area contributed by atoms with Crippen LogP contribution >= 0.6 is 0 Å². The van der Waals surface area contributed by atoms with E-state index in [0.717, 1.165) is 0 Å². The van der Waals surface area contributed by atoms with E-state index in [0.29, 0.717) is 33.9 Å². The summed E-state index contributed by atoms with van der Waals surface area (Å²) in [4.78, 5) is 24.4. The lowest BCUT2D eigenvalue weighted by Crippen LogP contribution is -2.25. The van der Waals surface area contributed by atoms with Gasteiger partial charge in [0.1, 0.15) is 5.75 Å². The first-order chi connectivity index (χ1) is 15.5. The highest BCUT2D eigenvalue weighted by molar-refractivity contribution is 5.92. The molecule has 3 rings (SSSR count). The lowest BCUT2D eigenvalue weighted by atomic mass is 10.1. The summed E-state index contributed by atoms with van der Waals surface area (Å²) in [6.45, 7) is 0. The zero-order valence-electron chi connectivity index (χ0n) is 17.5. The summed E-state index contributed by atoms with van der Waals surface area (Å²) >= 11 is 0. The number of hydrazone groups is 1. The van der Waals surface area contributed by atoms with Crippen molar-refractivity contribution in [3.8, 4) is 17.2 Å². The van der Waals surface area contributed by atoms with Gasteiger partial charge in [-0.05, 0) is 53.6 Å². The van der Waals surface area contributed by atoms with Crippen LogP contribution in [0.4, 0.5) is 0 Å². The number of carbonyl (C=O) groups excluding carboxylic acids is 2. The normalized spacial score (nSPS) is 11.6. The first kappa shape index (κ1) is 22.5. The number of aliphatic hydroxyl groups excluding tert-OH is 1. The number of hydrogen-bond donors (Lipinski definition) is 2. The van der Waals surface area contributed by atoms with Crippen molar-refractivity contribution >= 4 is 18.1 Å². The van der Waals surface area contributed by atoms with Crippen molar-refractivity contribution in [2.75, 3.05) is 14.2 Å². The molecular formula is C24H22N2O6. The molecule has 0 heterocycles. The Morgan fingerprint density at radius 2 is 1.62 bits per heavy atom. The van der Waals surface area contributed by atoms with Gasteiger partial charge < -0.3 is 19.3 Å². The molecule has 0 aromatic heterocycles. The zero-order chi connectivity index (χ0) is 22.9. The molecule has 164 valence electrons. The van der Waals surface area contributed by atoms with Crippen LogP contribution in [0.25, 0.3) is 0 Å². The van der Waals surface area contributed by atoms with Crippen LogP contribution in [-0.4, -0.2) is 37.4 Å². The molecule has 8 heteroatoms. The molecule has 0 spiro atoms. The van der Waals surface area contributed by atoms with Gasteiger partial charge in [-0.15, -0.1) is 0 Å². The molecule has 32 heavy (non-hydrogen) atoms. The SMILES string of the molecule is COc1ccc(C(=O)Oc2ccc(/C=N\NC(=O)[C@@H](O)c3ccccc3)cc2)cc1OC. The fourth-order valence-corrected chi connectivity index (χ4v) is 2.77. The maximum absolute atomic E-state index is 12.4. The van der Waals surface area contributed by atoms with E-state index in [2.05, 4.69) is 10.5 Å². The van der Waals surface area contributed by atoms with E-state index < -0.39 is 18.0 Å². The minimum absolute atomic E-state index is 0.313. The van der Waals surface area contributed by atoms with Gasteiger partial charge >= 0.3 is 5.97 Å². The van der Waals surface area contributed by atoms with E-state index in [4.69, 9.17) is 14.2 Å². The molecule has 1 atom stereocenters. The third-order valence-electron chi connectivity index (χ3n) is 4.46. The van der Waals surface area contributed by atoms with Crippen LogP contribution in [0.3, 0.4) is 0 Å². The summed E-state index contributed by atoms with van der Waals surface area (Å²) in [6.07, 6.45) is 0.0990. The first-order valence-corrected chi connectivity index (χ1v) is 9.62. The average Bonchev–Trinajstić information content (AvgIpc) is 2.84. The van der Waals surface area contributed by atoms with Gasteiger partial charge in [-0.2, -0.15) is 5.10 Å². The van der Waals surface area contributed by atoms with Gasteiger partial charge in [0, 0.05) is 0 Å². The Kier molecular flexibility index (Phi) is 7.55. The quantitative estimate of drug-likeness (QED) is 0.244. The number of carbonyl (C=O) groups is 2. The monoisotopic (exact) mass is 434 g/mol. The highest BCUT2D eigenvalue weighted by atomic mass is 16.5. The third kappa shape index (κ3) is 5.71. The van der Waals surface area contributed by atoms with Crippen LogP contribution in [0.2, 0.25) is 0 Å². The molecule has 1 amide bonds. The van der Waals surface area contributed by atoms with Gasteiger partial charge in [-0.25, -0.2) is 10.2 Å². The molecule has 3 aromatic rings. The number of nitrogens with zero attached hydrogens (tertiary/aromatic N) is 1. The van der Waals surface area contributed by atoms with Gasteiger partial charge in [-0.3, -0.25) is 4.79 Å². The lowest BCUT2D eigenvalue weighted by molar-refractivity contribution is -0.129. The molecule has 3 aromatic carbocycles. The Balaban J connectivity index is 1.57. The molecule has 0 fully saturated rings. The van der Waals surface area contributed by atoms with Crippen molar-refractivity contribution in [3.63, 3.8) is 0 Å².